The van der Waals surface area contributed by atoms with Crippen LogP contribution in [0.15, 0.2) is 12.7 Å². The SMILES string of the molecule is C=CC(C)(CCC(=O)C(C)C)OC(C)=O. The first kappa shape index (κ1) is 13.9. The van der Waals surface area contributed by atoms with Crippen LogP contribution in [0.1, 0.15) is 40.5 Å². The largest absolute Gasteiger partial charge is 0.455 e. The molecule has 1 atom stereocenters. The fourth-order valence-corrected chi connectivity index (χ4v) is 1.18. The van der Waals surface area contributed by atoms with Gasteiger partial charge in [0.25, 0.3) is 0 Å². The van der Waals surface area contributed by atoms with Crippen molar-refractivity contribution < 1.29 is 14.3 Å². The number of carbonyl (C=O) groups is 2. The average Bonchev–Trinajstić information content (AvgIpc) is 2.13. The van der Waals surface area contributed by atoms with Crippen molar-refractivity contribution in [2.45, 2.75) is 46.1 Å². The van der Waals surface area contributed by atoms with E-state index >= 15 is 0 Å². The van der Waals surface area contributed by atoms with Crippen LogP contribution < -0.4 is 0 Å². The maximum absolute atomic E-state index is 11.4. The Hall–Kier alpha value is -1.12. The number of ether oxygens (including phenoxy) is 1. The first-order valence-electron chi connectivity index (χ1n) is 5.16. The zero-order chi connectivity index (χ0) is 12.1. The molecule has 0 heterocycles. The number of hydrogen-bond donors (Lipinski definition) is 0. The topological polar surface area (TPSA) is 43.4 Å². The molecule has 0 aromatic rings. The van der Waals surface area contributed by atoms with Crippen molar-refractivity contribution in [3.8, 4) is 0 Å². The summed E-state index contributed by atoms with van der Waals surface area (Å²) in [5.41, 5.74) is -0.726. The molecule has 86 valence electrons. The summed E-state index contributed by atoms with van der Waals surface area (Å²) in [7, 11) is 0. The van der Waals surface area contributed by atoms with Gasteiger partial charge in [0.1, 0.15) is 11.4 Å². The van der Waals surface area contributed by atoms with Gasteiger partial charge in [0, 0.05) is 19.3 Å². The first-order chi connectivity index (χ1) is 6.80. The summed E-state index contributed by atoms with van der Waals surface area (Å²) in [6, 6.07) is 0. The monoisotopic (exact) mass is 212 g/mol. The molecule has 0 bridgehead atoms. The lowest BCUT2D eigenvalue weighted by Crippen LogP contribution is -2.29. The van der Waals surface area contributed by atoms with Gasteiger partial charge in [0.05, 0.1) is 0 Å². The Kier molecular flexibility index (Phi) is 5.26. The summed E-state index contributed by atoms with van der Waals surface area (Å²) in [5, 5.41) is 0. The molecule has 0 N–H and O–H groups in total. The number of esters is 1. The van der Waals surface area contributed by atoms with Gasteiger partial charge >= 0.3 is 5.97 Å². The first-order valence-corrected chi connectivity index (χ1v) is 5.16. The van der Waals surface area contributed by atoms with E-state index in [2.05, 4.69) is 6.58 Å². The van der Waals surface area contributed by atoms with E-state index in [1.165, 1.54) is 6.92 Å². The molecule has 0 fully saturated rings. The van der Waals surface area contributed by atoms with Crippen LogP contribution in [0.2, 0.25) is 0 Å². The molecule has 0 aromatic heterocycles. The number of ketones is 1. The third-order valence-electron chi connectivity index (χ3n) is 2.32. The Morgan fingerprint density at radius 1 is 1.47 bits per heavy atom. The Morgan fingerprint density at radius 3 is 2.33 bits per heavy atom. The molecule has 3 nitrogen and oxygen atoms in total. The lowest BCUT2D eigenvalue weighted by Gasteiger charge is -2.25. The van der Waals surface area contributed by atoms with Gasteiger partial charge in [0.2, 0.25) is 0 Å². The van der Waals surface area contributed by atoms with Gasteiger partial charge in [-0.15, -0.1) is 0 Å². The second-order valence-electron chi connectivity index (χ2n) is 4.23. The van der Waals surface area contributed by atoms with Crippen molar-refractivity contribution in [2.24, 2.45) is 5.92 Å². The molecule has 0 radical (unpaired) electrons. The molecule has 0 amide bonds. The summed E-state index contributed by atoms with van der Waals surface area (Å²) in [6.45, 7) is 10.5. The van der Waals surface area contributed by atoms with Gasteiger partial charge in [-0.2, -0.15) is 0 Å². The van der Waals surface area contributed by atoms with E-state index in [0.717, 1.165) is 0 Å². The lowest BCUT2D eigenvalue weighted by atomic mass is 9.95. The van der Waals surface area contributed by atoms with Crippen LogP contribution in [0, 0.1) is 5.92 Å². The quantitative estimate of drug-likeness (QED) is 0.502. The maximum Gasteiger partial charge on any atom is 0.303 e. The second kappa shape index (κ2) is 5.69. The van der Waals surface area contributed by atoms with Crippen molar-refractivity contribution in [1.82, 2.24) is 0 Å². The van der Waals surface area contributed by atoms with E-state index in [0.29, 0.717) is 12.8 Å². The minimum atomic E-state index is -0.726. The number of rotatable bonds is 6. The minimum Gasteiger partial charge on any atom is -0.455 e. The normalized spacial score (nSPS) is 14.5. The van der Waals surface area contributed by atoms with Gasteiger partial charge in [-0.25, -0.2) is 0 Å². The Bertz CT molecular complexity index is 256. The third-order valence-corrected chi connectivity index (χ3v) is 2.32. The smallest absolute Gasteiger partial charge is 0.303 e. The van der Waals surface area contributed by atoms with Gasteiger partial charge in [-0.05, 0) is 19.4 Å². The van der Waals surface area contributed by atoms with E-state index in [1.807, 2.05) is 13.8 Å². The van der Waals surface area contributed by atoms with Gasteiger partial charge in [-0.1, -0.05) is 20.4 Å². The Balaban J connectivity index is 4.26. The molecule has 0 rings (SSSR count). The summed E-state index contributed by atoms with van der Waals surface area (Å²) in [6.07, 6.45) is 2.47. The standard InChI is InChI=1S/C12H20O3/c1-6-12(5,15-10(4)13)8-7-11(14)9(2)3/h6,9H,1,7-8H2,2-5H3. The highest BCUT2D eigenvalue weighted by Gasteiger charge is 2.25. The van der Waals surface area contributed by atoms with Gasteiger partial charge < -0.3 is 4.74 Å². The predicted octanol–water partition coefficient (Wildman–Crippen LogP) is 2.50. The Labute approximate surface area is 91.5 Å². The molecule has 0 aliphatic rings. The molecular formula is C12H20O3. The fourth-order valence-electron chi connectivity index (χ4n) is 1.18. The molecule has 3 heteroatoms. The molecule has 0 aliphatic carbocycles. The van der Waals surface area contributed by atoms with E-state index in [1.54, 1.807) is 13.0 Å². The van der Waals surface area contributed by atoms with Crippen LogP contribution >= 0.6 is 0 Å². The van der Waals surface area contributed by atoms with Crippen molar-refractivity contribution in [2.75, 3.05) is 0 Å². The van der Waals surface area contributed by atoms with E-state index < -0.39 is 5.60 Å². The minimum absolute atomic E-state index is 0.0244. The molecule has 0 saturated heterocycles. The molecule has 1 unspecified atom stereocenters. The number of Topliss-reactive ketones (excluding diaryl/α,β-unsaturated/α-hetero) is 1. The summed E-state index contributed by atoms with van der Waals surface area (Å²) >= 11 is 0. The average molecular weight is 212 g/mol. The van der Waals surface area contributed by atoms with Crippen LogP contribution in [-0.4, -0.2) is 17.4 Å². The second-order valence-corrected chi connectivity index (χ2v) is 4.23. The van der Waals surface area contributed by atoms with Crippen LogP contribution in [0.5, 0.6) is 0 Å². The maximum atomic E-state index is 11.4. The van der Waals surface area contributed by atoms with Gasteiger partial charge in [-0.3, -0.25) is 9.59 Å². The summed E-state index contributed by atoms with van der Waals surface area (Å²) < 4.78 is 5.11. The van der Waals surface area contributed by atoms with Crippen molar-refractivity contribution >= 4 is 11.8 Å². The third kappa shape index (κ3) is 5.35. The zero-order valence-corrected chi connectivity index (χ0v) is 10.0. The highest BCUT2D eigenvalue weighted by Crippen LogP contribution is 2.20. The van der Waals surface area contributed by atoms with E-state index in [9.17, 15) is 9.59 Å². The van der Waals surface area contributed by atoms with Crippen LogP contribution in [0.3, 0.4) is 0 Å². The highest BCUT2D eigenvalue weighted by atomic mass is 16.6. The molecule has 0 aromatic carbocycles. The molecule has 0 aliphatic heterocycles. The predicted molar refractivity (Wildman–Crippen MR) is 59.4 cm³/mol. The lowest BCUT2D eigenvalue weighted by molar-refractivity contribution is -0.152. The summed E-state index contributed by atoms with van der Waals surface area (Å²) in [5.74, 6) is -0.152. The van der Waals surface area contributed by atoms with Crippen LogP contribution in [0.25, 0.3) is 0 Å². The number of hydrogen-bond acceptors (Lipinski definition) is 3. The Morgan fingerprint density at radius 2 is 2.00 bits per heavy atom. The number of carbonyl (C=O) groups excluding carboxylic acids is 2. The highest BCUT2D eigenvalue weighted by molar-refractivity contribution is 5.80. The molecule has 0 spiro atoms. The molecular weight excluding hydrogens is 192 g/mol. The van der Waals surface area contributed by atoms with Crippen molar-refractivity contribution in [3.63, 3.8) is 0 Å². The van der Waals surface area contributed by atoms with E-state index in [4.69, 9.17) is 4.74 Å². The van der Waals surface area contributed by atoms with E-state index in [-0.39, 0.29) is 17.7 Å². The van der Waals surface area contributed by atoms with Gasteiger partial charge in [0.15, 0.2) is 0 Å². The van der Waals surface area contributed by atoms with Crippen LogP contribution in [-0.2, 0) is 14.3 Å². The molecule has 15 heavy (non-hydrogen) atoms. The summed E-state index contributed by atoms with van der Waals surface area (Å²) in [4.78, 5) is 22.3. The van der Waals surface area contributed by atoms with Crippen molar-refractivity contribution in [3.05, 3.63) is 12.7 Å². The zero-order valence-electron chi connectivity index (χ0n) is 10.0. The molecule has 0 saturated carbocycles. The van der Waals surface area contributed by atoms with Crippen molar-refractivity contribution in [1.29, 1.82) is 0 Å². The fraction of sp³-hybridized carbons (Fsp3) is 0.667. The van der Waals surface area contributed by atoms with Crippen LogP contribution in [0.4, 0.5) is 0 Å².